The van der Waals surface area contributed by atoms with Crippen molar-refractivity contribution in [2.75, 3.05) is 38.2 Å². The predicted octanol–water partition coefficient (Wildman–Crippen LogP) is 2.32. The molecule has 0 N–H and O–H groups in total. The third kappa shape index (κ3) is 4.01. The number of hydrogen-bond acceptors (Lipinski definition) is 5. The van der Waals surface area contributed by atoms with Crippen LogP contribution in [0.1, 0.15) is 11.1 Å². The summed E-state index contributed by atoms with van der Waals surface area (Å²) in [6.07, 6.45) is 5.07. The molecule has 0 unspecified atom stereocenters. The normalized spacial score (nSPS) is 14.3. The molecule has 0 spiro atoms. The largest absolute Gasteiger partial charge is 0.497 e. The third-order valence-electron chi connectivity index (χ3n) is 4.31. The third-order valence-corrected chi connectivity index (χ3v) is 4.31. The molecule has 26 heavy (non-hydrogen) atoms. The van der Waals surface area contributed by atoms with Crippen LogP contribution in [0.25, 0.3) is 6.08 Å². The number of nitriles is 1. The van der Waals surface area contributed by atoms with Crippen LogP contribution in [0.2, 0.25) is 0 Å². The van der Waals surface area contributed by atoms with Gasteiger partial charge in [0.25, 0.3) is 0 Å². The van der Waals surface area contributed by atoms with Crippen LogP contribution in [0.3, 0.4) is 0 Å². The highest BCUT2D eigenvalue weighted by Crippen LogP contribution is 2.18. The molecule has 2 heterocycles. The van der Waals surface area contributed by atoms with Crippen LogP contribution in [0.5, 0.6) is 5.75 Å². The average molecular weight is 348 g/mol. The first kappa shape index (κ1) is 17.5. The molecule has 6 nitrogen and oxygen atoms in total. The number of benzene rings is 1. The summed E-state index contributed by atoms with van der Waals surface area (Å²) < 4.78 is 5.19. The van der Waals surface area contributed by atoms with Gasteiger partial charge in [0, 0.05) is 38.5 Å². The average Bonchev–Trinajstić information content (AvgIpc) is 2.72. The molecule has 1 aliphatic rings. The Bertz CT molecular complexity index is 849. The van der Waals surface area contributed by atoms with Crippen molar-refractivity contribution in [2.45, 2.75) is 0 Å². The minimum Gasteiger partial charge on any atom is -0.497 e. The zero-order valence-electron chi connectivity index (χ0n) is 14.6. The molecule has 3 rings (SSSR count). The molecular weight excluding hydrogens is 328 g/mol. The van der Waals surface area contributed by atoms with Gasteiger partial charge in [-0.2, -0.15) is 5.26 Å². The summed E-state index contributed by atoms with van der Waals surface area (Å²) in [6, 6.07) is 13.2. The molecule has 0 radical (unpaired) electrons. The van der Waals surface area contributed by atoms with Crippen molar-refractivity contribution >= 4 is 17.8 Å². The standard InChI is InChI=1S/C20H20N4O2/c1-26-18-6-2-4-16(14-18)7-8-19(25)23-10-12-24(13-11-23)20-17(15-21)5-3-9-22-20/h2-9,14H,10-13H2,1H3. The molecule has 0 saturated carbocycles. The van der Waals surface area contributed by atoms with Gasteiger partial charge in [-0.25, -0.2) is 4.98 Å². The lowest BCUT2D eigenvalue weighted by atomic mass is 10.2. The van der Waals surface area contributed by atoms with Gasteiger partial charge in [-0.3, -0.25) is 4.79 Å². The summed E-state index contributed by atoms with van der Waals surface area (Å²) in [7, 11) is 1.62. The van der Waals surface area contributed by atoms with E-state index in [0.29, 0.717) is 37.6 Å². The van der Waals surface area contributed by atoms with Gasteiger partial charge in [-0.1, -0.05) is 12.1 Å². The minimum atomic E-state index is -0.0194. The highest BCUT2D eigenvalue weighted by molar-refractivity contribution is 5.92. The Kier molecular flexibility index (Phi) is 5.49. The van der Waals surface area contributed by atoms with Crippen molar-refractivity contribution in [3.63, 3.8) is 0 Å². The lowest BCUT2D eigenvalue weighted by Crippen LogP contribution is -2.48. The first-order valence-electron chi connectivity index (χ1n) is 8.42. The van der Waals surface area contributed by atoms with Gasteiger partial charge >= 0.3 is 0 Å². The molecule has 1 amide bonds. The summed E-state index contributed by atoms with van der Waals surface area (Å²) in [6.45, 7) is 2.51. The van der Waals surface area contributed by atoms with E-state index in [1.807, 2.05) is 34.1 Å². The molecule has 6 heteroatoms. The van der Waals surface area contributed by atoms with Crippen LogP contribution in [-0.4, -0.2) is 49.1 Å². The summed E-state index contributed by atoms with van der Waals surface area (Å²) >= 11 is 0. The SMILES string of the molecule is COc1cccc(C=CC(=O)N2CCN(c3ncccc3C#N)CC2)c1. The number of piperazine rings is 1. The van der Waals surface area contributed by atoms with E-state index in [-0.39, 0.29) is 5.91 Å². The van der Waals surface area contributed by atoms with Crippen molar-refractivity contribution in [2.24, 2.45) is 0 Å². The maximum atomic E-state index is 12.4. The molecule has 1 aliphatic heterocycles. The molecule has 1 fully saturated rings. The fourth-order valence-corrected chi connectivity index (χ4v) is 2.89. The van der Waals surface area contributed by atoms with Gasteiger partial charge in [-0.05, 0) is 35.9 Å². The highest BCUT2D eigenvalue weighted by atomic mass is 16.5. The molecule has 0 aliphatic carbocycles. The summed E-state index contributed by atoms with van der Waals surface area (Å²) in [5.41, 5.74) is 1.48. The Morgan fingerprint density at radius 1 is 1.23 bits per heavy atom. The second-order valence-electron chi connectivity index (χ2n) is 5.91. The zero-order chi connectivity index (χ0) is 18.4. The van der Waals surface area contributed by atoms with Gasteiger partial charge in [0.2, 0.25) is 5.91 Å². The maximum absolute atomic E-state index is 12.4. The fraction of sp³-hybridized carbons (Fsp3) is 0.250. The van der Waals surface area contributed by atoms with E-state index in [4.69, 9.17) is 4.74 Å². The monoisotopic (exact) mass is 348 g/mol. The topological polar surface area (TPSA) is 69.5 Å². The Balaban J connectivity index is 1.60. The van der Waals surface area contributed by atoms with Gasteiger partial charge < -0.3 is 14.5 Å². The number of aromatic nitrogens is 1. The number of rotatable bonds is 4. The van der Waals surface area contributed by atoms with Gasteiger partial charge in [0.15, 0.2) is 0 Å². The second-order valence-corrected chi connectivity index (χ2v) is 5.91. The van der Waals surface area contributed by atoms with Gasteiger partial charge in [0.1, 0.15) is 17.6 Å². The number of hydrogen-bond donors (Lipinski definition) is 0. The molecule has 0 bridgehead atoms. The molecule has 1 aromatic heterocycles. The molecule has 1 saturated heterocycles. The Morgan fingerprint density at radius 2 is 2.04 bits per heavy atom. The Morgan fingerprint density at radius 3 is 2.77 bits per heavy atom. The van der Waals surface area contributed by atoms with E-state index >= 15 is 0 Å². The number of carbonyl (C=O) groups excluding carboxylic acids is 1. The lowest BCUT2D eigenvalue weighted by molar-refractivity contribution is -0.126. The van der Waals surface area contributed by atoms with Crippen LogP contribution in [-0.2, 0) is 4.79 Å². The summed E-state index contributed by atoms with van der Waals surface area (Å²) in [5.74, 6) is 1.43. The molecule has 132 valence electrons. The van der Waals surface area contributed by atoms with Crippen LogP contribution < -0.4 is 9.64 Å². The highest BCUT2D eigenvalue weighted by Gasteiger charge is 2.22. The summed E-state index contributed by atoms with van der Waals surface area (Å²) in [4.78, 5) is 20.6. The van der Waals surface area contributed by atoms with E-state index in [2.05, 4.69) is 11.1 Å². The molecule has 1 aromatic carbocycles. The van der Waals surface area contributed by atoms with Crippen LogP contribution in [0.15, 0.2) is 48.7 Å². The van der Waals surface area contributed by atoms with Crippen LogP contribution >= 0.6 is 0 Å². The van der Waals surface area contributed by atoms with Crippen molar-refractivity contribution in [3.05, 3.63) is 59.8 Å². The van der Waals surface area contributed by atoms with Crippen molar-refractivity contribution in [1.82, 2.24) is 9.88 Å². The van der Waals surface area contributed by atoms with Crippen LogP contribution in [0.4, 0.5) is 5.82 Å². The Hall–Kier alpha value is -3.33. The van der Waals surface area contributed by atoms with E-state index in [1.165, 1.54) is 0 Å². The maximum Gasteiger partial charge on any atom is 0.246 e. The smallest absolute Gasteiger partial charge is 0.246 e. The van der Waals surface area contributed by atoms with Crippen molar-refractivity contribution in [3.8, 4) is 11.8 Å². The number of ether oxygens (including phenoxy) is 1. The van der Waals surface area contributed by atoms with E-state index in [0.717, 1.165) is 11.3 Å². The first-order chi connectivity index (χ1) is 12.7. The summed E-state index contributed by atoms with van der Waals surface area (Å²) in [5, 5.41) is 9.21. The van der Waals surface area contributed by atoms with Crippen LogP contribution in [0, 0.1) is 11.3 Å². The van der Waals surface area contributed by atoms with E-state index < -0.39 is 0 Å². The number of methoxy groups -OCH3 is 1. The van der Waals surface area contributed by atoms with Gasteiger partial charge in [-0.15, -0.1) is 0 Å². The predicted molar refractivity (Wildman–Crippen MR) is 99.8 cm³/mol. The second kappa shape index (κ2) is 8.17. The molecule has 0 atom stereocenters. The number of amides is 1. The Labute approximate surface area is 152 Å². The number of anilines is 1. The van der Waals surface area contributed by atoms with Crippen molar-refractivity contribution in [1.29, 1.82) is 5.26 Å². The van der Waals surface area contributed by atoms with Gasteiger partial charge in [0.05, 0.1) is 12.7 Å². The number of pyridine rings is 1. The number of nitrogens with zero attached hydrogens (tertiary/aromatic N) is 4. The quantitative estimate of drug-likeness (QED) is 0.793. The number of carbonyl (C=O) groups is 1. The molecular formula is C20H20N4O2. The zero-order valence-corrected chi connectivity index (χ0v) is 14.6. The lowest BCUT2D eigenvalue weighted by Gasteiger charge is -2.35. The van der Waals surface area contributed by atoms with Crippen molar-refractivity contribution < 1.29 is 9.53 Å². The van der Waals surface area contributed by atoms with E-state index in [9.17, 15) is 10.1 Å². The first-order valence-corrected chi connectivity index (χ1v) is 8.42. The minimum absolute atomic E-state index is 0.0194. The molecule has 2 aromatic rings. The fourth-order valence-electron chi connectivity index (χ4n) is 2.89. The van der Waals surface area contributed by atoms with E-state index in [1.54, 1.807) is 37.6 Å².